The third-order valence-corrected chi connectivity index (χ3v) is 6.96. The summed E-state index contributed by atoms with van der Waals surface area (Å²) in [5.74, 6) is 5.93. The number of carbonyl (C=O) groups excluding carboxylic acids is 1. The van der Waals surface area contributed by atoms with Gasteiger partial charge in [-0.2, -0.15) is 10.2 Å². The number of carbonyl (C=O) groups is 1. The van der Waals surface area contributed by atoms with Crippen molar-refractivity contribution in [2.24, 2.45) is 12.8 Å². The average Bonchev–Trinajstić information content (AvgIpc) is 3.32. The number of benzene rings is 2. The third kappa shape index (κ3) is 4.25. The fourth-order valence-corrected chi connectivity index (χ4v) is 5.08. The number of anilines is 1. The number of Topliss-reactive ketones (excluding diaryl/α,β-unsaturated/α-hetero) is 1. The van der Waals surface area contributed by atoms with Gasteiger partial charge in [-0.05, 0) is 42.7 Å². The molecule has 0 amide bonds. The first kappa shape index (κ1) is 25.0. The van der Waals surface area contributed by atoms with E-state index in [1.54, 1.807) is 29.7 Å². The van der Waals surface area contributed by atoms with E-state index in [1.165, 1.54) is 17.7 Å². The minimum absolute atomic E-state index is 0.0219. The molecule has 10 nitrogen and oxygen atoms in total. The highest BCUT2D eigenvalue weighted by Crippen LogP contribution is 2.24. The van der Waals surface area contributed by atoms with E-state index in [4.69, 9.17) is 5.73 Å². The van der Waals surface area contributed by atoms with Gasteiger partial charge < -0.3 is 10.6 Å². The van der Waals surface area contributed by atoms with E-state index in [2.05, 4.69) is 22.9 Å². The first-order valence-corrected chi connectivity index (χ1v) is 12.4. The highest BCUT2D eigenvalue weighted by atomic mass is 16.2. The first-order chi connectivity index (χ1) is 18.3. The van der Waals surface area contributed by atoms with E-state index in [9.17, 15) is 19.6 Å². The molecule has 2 aromatic carbocycles. The summed E-state index contributed by atoms with van der Waals surface area (Å²) in [6.45, 7) is 2.73. The zero-order valence-corrected chi connectivity index (χ0v) is 21.3. The maximum Gasteiger partial charge on any atom is 0.332 e. The van der Waals surface area contributed by atoms with Crippen molar-refractivity contribution >= 4 is 33.7 Å². The van der Waals surface area contributed by atoms with Gasteiger partial charge in [-0.25, -0.2) is 4.79 Å². The molecule has 1 aliphatic rings. The summed E-state index contributed by atoms with van der Waals surface area (Å²) in [7, 11) is 1.53. The molecule has 5 rings (SSSR count). The maximum atomic E-state index is 13.8. The van der Waals surface area contributed by atoms with E-state index in [0.717, 1.165) is 29.3 Å². The lowest BCUT2D eigenvalue weighted by atomic mass is 9.98. The monoisotopic (exact) mass is 509 g/mol. The van der Waals surface area contributed by atoms with Crippen molar-refractivity contribution in [1.29, 1.82) is 5.26 Å². The Hall–Kier alpha value is -4.67. The topological polar surface area (TPSA) is 132 Å². The van der Waals surface area contributed by atoms with Crippen LogP contribution in [-0.4, -0.2) is 43.6 Å². The van der Waals surface area contributed by atoms with Gasteiger partial charge in [0.2, 0.25) is 5.95 Å². The van der Waals surface area contributed by atoms with Crippen LogP contribution in [0.25, 0.3) is 21.9 Å². The summed E-state index contributed by atoms with van der Waals surface area (Å²) in [6.07, 6.45) is 1.79. The van der Waals surface area contributed by atoms with Crippen molar-refractivity contribution in [3.05, 3.63) is 68.4 Å². The van der Waals surface area contributed by atoms with Crippen molar-refractivity contribution in [2.45, 2.75) is 38.9 Å². The second-order valence-corrected chi connectivity index (χ2v) is 9.46. The number of aryl methyl sites for hydroxylation is 1. The second kappa shape index (κ2) is 10.0. The minimum Gasteiger partial charge on any atom is -0.341 e. The van der Waals surface area contributed by atoms with Gasteiger partial charge in [0.15, 0.2) is 16.9 Å². The molecule has 2 aromatic heterocycles. The molecule has 1 atom stereocenters. The SMILES string of the molecule is CC#CCn1c(N2CCCC(N)C2)nc2c1c(=O)n(CC(=O)c1cc(C#N)cc3ccccc13)c(=O)n2C. The zero-order chi connectivity index (χ0) is 27.0. The van der Waals surface area contributed by atoms with Crippen LogP contribution in [0.5, 0.6) is 0 Å². The molecule has 0 spiro atoms. The zero-order valence-electron chi connectivity index (χ0n) is 21.3. The van der Waals surface area contributed by atoms with E-state index >= 15 is 0 Å². The van der Waals surface area contributed by atoms with Crippen LogP contribution < -0.4 is 21.9 Å². The van der Waals surface area contributed by atoms with Gasteiger partial charge in [0.05, 0.1) is 24.7 Å². The first-order valence-electron chi connectivity index (χ1n) is 12.4. The molecule has 192 valence electrons. The Morgan fingerprint density at radius 1 is 1.21 bits per heavy atom. The predicted molar refractivity (Wildman–Crippen MR) is 145 cm³/mol. The highest BCUT2D eigenvalue weighted by molar-refractivity contribution is 6.08. The van der Waals surface area contributed by atoms with Crippen LogP contribution in [0, 0.1) is 23.2 Å². The Morgan fingerprint density at radius 3 is 2.74 bits per heavy atom. The van der Waals surface area contributed by atoms with Crippen LogP contribution in [-0.2, 0) is 20.1 Å². The summed E-state index contributed by atoms with van der Waals surface area (Å²) in [5.41, 5.74) is 5.97. The van der Waals surface area contributed by atoms with Crippen LogP contribution in [0.1, 0.15) is 35.7 Å². The van der Waals surface area contributed by atoms with Crippen molar-refractivity contribution in [3.63, 3.8) is 0 Å². The fourth-order valence-electron chi connectivity index (χ4n) is 5.08. The van der Waals surface area contributed by atoms with Crippen LogP contribution in [0.4, 0.5) is 5.95 Å². The van der Waals surface area contributed by atoms with Crippen molar-refractivity contribution in [2.75, 3.05) is 18.0 Å². The number of imidazole rings is 1. The summed E-state index contributed by atoms with van der Waals surface area (Å²) in [5, 5.41) is 10.8. The van der Waals surface area contributed by atoms with Gasteiger partial charge in [0.1, 0.15) is 0 Å². The number of rotatable bonds is 5. The molecule has 0 aliphatic carbocycles. The standard InChI is InChI=1S/C28H27N7O3/c1-3-4-12-34-24-25(31-27(34)33-11-7-9-20(30)16-33)32(2)28(38)35(26(24)37)17-23(36)22-14-18(15-29)13-19-8-5-6-10-21(19)22/h5-6,8,10,13-14,20H,7,9,11-12,16-17,30H2,1-2H3. The smallest absolute Gasteiger partial charge is 0.332 e. The maximum absolute atomic E-state index is 13.8. The highest BCUT2D eigenvalue weighted by Gasteiger charge is 2.27. The Morgan fingerprint density at radius 2 is 2.00 bits per heavy atom. The molecule has 0 radical (unpaired) electrons. The molecule has 4 aromatic rings. The quantitative estimate of drug-likeness (QED) is 0.320. The number of hydrogen-bond donors (Lipinski definition) is 1. The third-order valence-electron chi connectivity index (χ3n) is 6.96. The van der Waals surface area contributed by atoms with E-state index in [0.29, 0.717) is 23.4 Å². The number of aromatic nitrogens is 4. The fraction of sp³-hybridized carbons (Fsp3) is 0.321. The molecule has 38 heavy (non-hydrogen) atoms. The number of nitrogens with zero attached hydrogens (tertiary/aromatic N) is 6. The van der Waals surface area contributed by atoms with Gasteiger partial charge >= 0.3 is 5.69 Å². The van der Waals surface area contributed by atoms with Gasteiger partial charge in [0.25, 0.3) is 5.56 Å². The Balaban J connectivity index is 1.67. The van der Waals surface area contributed by atoms with Crippen LogP contribution >= 0.6 is 0 Å². The van der Waals surface area contributed by atoms with E-state index < -0.39 is 23.6 Å². The van der Waals surface area contributed by atoms with Crippen molar-refractivity contribution < 1.29 is 4.79 Å². The number of piperidine rings is 1. The normalized spacial score (nSPS) is 15.3. The van der Waals surface area contributed by atoms with Crippen LogP contribution in [0.2, 0.25) is 0 Å². The second-order valence-electron chi connectivity index (χ2n) is 9.46. The number of ketones is 1. The predicted octanol–water partition coefficient (Wildman–Crippen LogP) is 1.76. The number of hydrogen-bond acceptors (Lipinski definition) is 7. The van der Waals surface area contributed by atoms with Gasteiger partial charge in [-0.1, -0.05) is 30.2 Å². The minimum atomic E-state index is -0.648. The molecular weight excluding hydrogens is 482 g/mol. The van der Waals surface area contributed by atoms with Crippen molar-refractivity contribution in [3.8, 4) is 17.9 Å². The van der Waals surface area contributed by atoms with Gasteiger partial charge in [-0.15, -0.1) is 5.92 Å². The molecule has 10 heteroatoms. The number of fused-ring (bicyclic) bond motifs is 2. The molecule has 0 saturated carbocycles. The molecule has 2 N–H and O–H groups in total. The van der Waals surface area contributed by atoms with E-state index in [-0.39, 0.29) is 29.3 Å². The van der Waals surface area contributed by atoms with Crippen LogP contribution in [0.3, 0.4) is 0 Å². The number of nitrogens with two attached hydrogens (primary N) is 1. The van der Waals surface area contributed by atoms with Crippen LogP contribution in [0.15, 0.2) is 46.0 Å². The molecule has 1 unspecified atom stereocenters. The Bertz CT molecular complexity index is 1810. The lowest BCUT2D eigenvalue weighted by Crippen LogP contribution is -2.44. The number of nitriles is 1. The van der Waals surface area contributed by atoms with Crippen molar-refractivity contribution in [1.82, 2.24) is 18.7 Å². The van der Waals surface area contributed by atoms with Gasteiger partial charge in [0, 0.05) is 31.7 Å². The lowest BCUT2D eigenvalue weighted by molar-refractivity contribution is 0.0970. The molecule has 3 heterocycles. The largest absolute Gasteiger partial charge is 0.341 e. The average molecular weight is 510 g/mol. The van der Waals surface area contributed by atoms with E-state index in [1.807, 2.05) is 17.0 Å². The van der Waals surface area contributed by atoms with Gasteiger partial charge in [-0.3, -0.25) is 23.3 Å². The summed E-state index contributed by atoms with van der Waals surface area (Å²) >= 11 is 0. The molecule has 0 bridgehead atoms. The molecule has 1 fully saturated rings. The lowest BCUT2D eigenvalue weighted by Gasteiger charge is -2.31. The molecular formula is C28H27N7O3. The Labute approximate surface area is 218 Å². The summed E-state index contributed by atoms with van der Waals surface area (Å²) in [4.78, 5) is 47.3. The summed E-state index contributed by atoms with van der Waals surface area (Å²) in [6, 6.07) is 12.5. The Kier molecular flexibility index (Phi) is 6.58. The summed E-state index contributed by atoms with van der Waals surface area (Å²) < 4.78 is 3.93. The molecule has 1 aliphatic heterocycles. The molecule has 1 saturated heterocycles.